The molecule has 0 aliphatic heterocycles. The molecule has 0 N–H and O–H groups in total. The number of hydrogen-bond acceptors (Lipinski definition) is 2. The van der Waals surface area contributed by atoms with Gasteiger partial charge >= 0.3 is 0 Å². The zero-order valence-electron chi connectivity index (χ0n) is 11.6. The van der Waals surface area contributed by atoms with Gasteiger partial charge in [-0.2, -0.15) is 0 Å². The van der Waals surface area contributed by atoms with Crippen molar-refractivity contribution in [3.63, 3.8) is 0 Å². The van der Waals surface area contributed by atoms with Gasteiger partial charge in [-0.05, 0) is 31.0 Å². The number of benzene rings is 1. The van der Waals surface area contributed by atoms with Gasteiger partial charge in [0, 0.05) is 17.7 Å². The minimum atomic E-state index is 0. The molecule has 0 amide bonds. The Hall–Kier alpha value is -1.43. The molecule has 0 fully saturated rings. The van der Waals surface area contributed by atoms with Crippen LogP contribution in [0.25, 0.3) is 22.6 Å². The lowest BCUT2D eigenvalue weighted by Crippen LogP contribution is -3.00. The van der Waals surface area contributed by atoms with Gasteiger partial charge in [0.25, 0.3) is 0 Å². The van der Waals surface area contributed by atoms with Crippen molar-refractivity contribution in [3.05, 3.63) is 48.3 Å². The summed E-state index contributed by atoms with van der Waals surface area (Å²) in [6.07, 6.45) is 5.10. The third kappa shape index (κ3) is 2.85. The molecule has 3 rings (SSSR count). The molecule has 0 spiro atoms. The van der Waals surface area contributed by atoms with Gasteiger partial charge in [-0.3, -0.25) is 0 Å². The molecule has 2 heterocycles. The standard InChI is InChI=1S/C16H17N2O.HI/c1-3-12-5-6-15-14(11-12)17-16(19-15)13-7-9-18(4-2)10-8-13;/h5-11H,3-4H2,1-2H3;1H/q+1;/p-1. The fourth-order valence-electron chi connectivity index (χ4n) is 2.13. The Morgan fingerprint density at radius 1 is 1.10 bits per heavy atom. The first-order valence-corrected chi connectivity index (χ1v) is 6.69. The summed E-state index contributed by atoms with van der Waals surface area (Å²) in [5, 5.41) is 0. The van der Waals surface area contributed by atoms with E-state index >= 15 is 0 Å². The number of rotatable bonds is 3. The number of nitrogens with zero attached hydrogens (tertiary/aromatic N) is 2. The molecule has 0 atom stereocenters. The number of pyridine rings is 1. The fraction of sp³-hybridized carbons (Fsp3) is 0.250. The second kappa shape index (κ2) is 6.35. The first kappa shape index (κ1) is 15.0. The third-order valence-electron chi connectivity index (χ3n) is 3.36. The molecule has 3 aromatic rings. The van der Waals surface area contributed by atoms with Crippen LogP contribution in [0.1, 0.15) is 19.4 Å². The number of aromatic nitrogens is 2. The summed E-state index contributed by atoms with van der Waals surface area (Å²) in [6, 6.07) is 10.3. The first-order valence-electron chi connectivity index (χ1n) is 6.69. The highest BCUT2D eigenvalue weighted by atomic mass is 127. The van der Waals surface area contributed by atoms with Crippen molar-refractivity contribution < 1.29 is 33.0 Å². The van der Waals surface area contributed by atoms with Gasteiger partial charge in [-0.15, -0.1) is 0 Å². The van der Waals surface area contributed by atoms with Crippen LogP contribution in [-0.2, 0) is 13.0 Å². The summed E-state index contributed by atoms with van der Waals surface area (Å²) in [5.41, 5.74) is 4.07. The van der Waals surface area contributed by atoms with Crippen LogP contribution >= 0.6 is 0 Å². The van der Waals surface area contributed by atoms with Crippen molar-refractivity contribution >= 4 is 11.1 Å². The molecule has 0 radical (unpaired) electrons. The zero-order chi connectivity index (χ0) is 13.2. The van der Waals surface area contributed by atoms with Gasteiger partial charge in [0.05, 0.1) is 0 Å². The first-order chi connectivity index (χ1) is 9.30. The Morgan fingerprint density at radius 3 is 2.50 bits per heavy atom. The van der Waals surface area contributed by atoms with E-state index in [-0.39, 0.29) is 24.0 Å². The highest BCUT2D eigenvalue weighted by Gasteiger charge is 2.09. The van der Waals surface area contributed by atoms with Crippen LogP contribution in [0.4, 0.5) is 0 Å². The molecule has 3 nitrogen and oxygen atoms in total. The van der Waals surface area contributed by atoms with Gasteiger partial charge in [0.1, 0.15) is 12.1 Å². The Kier molecular flexibility index (Phi) is 4.75. The van der Waals surface area contributed by atoms with E-state index in [0.29, 0.717) is 5.89 Å². The minimum Gasteiger partial charge on any atom is -1.00 e. The summed E-state index contributed by atoms with van der Waals surface area (Å²) >= 11 is 0. The highest BCUT2D eigenvalue weighted by Crippen LogP contribution is 2.24. The maximum Gasteiger partial charge on any atom is 0.227 e. The van der Waals surface area contributed by atoms with Crippen LogP contribution in [0.3, 0.4) is 0 Å². The molecule has 0 saturated carbocycles. The van der Waals surface area contributed by atoms with Gasteiger partial charge in [0.2, 0.25) is 5.89 Å². The molecule has 0 bridgehead atoms. The largest absolute Gasteiger partial charge is 1.00 e. The second-order valence-electron chi connectivity index (χ2n) is 4.59. The molecule has 1 aromatic carbocycles. The van der Waals surface area contributed by atoms with E-state index in [4.69, 9.17) is 4.42 Å². The Labute approximate surface area is 135 Å². The van der Waals surface area contributed by atoms with Crippen molar-refractivity contribution in [1.82, 2.24) is 4.98 Å². The molecule has 2 aromatic heterocycles. The zero-order valence-corrected chi connectivity index (χ0v) is 13.8. The molecular weight excluding hydrogens is 363 g/mol. The number of halogens is 1. The predicted octanol–water partition coefficient (Wildman–Crippen LogP) is 0.369. The minimum absolute atomic E-state index is 0. The number of aryl methyl sites for hydroxylation is 2. The van der Waals surface area contributed by atoms with E-state index in [2.05, 4.69) is 35.5 Å². The summed E-state index contributed by atoms with van der Waals surface area (Å²) in [5.74, 6) is 0.687. The predicted molar refractivity (Wildman–Crippen MR) is 74.7 cm³/mol. The van der Waals surface area contributed by atoms with Gasteiger partial charge in [0.15, 0.2) is 18.0 Å². The molecule has 104 valence electrons. The van der Waals surface area contributed by atoms with Crippen molar-refractivity contribution in [3.8, 4) is 11.5 Å². The summed E-state index contributed by atoms with van der Waals surface area (Å²) in [7, 11) is 0. The van der Waals surface area contributed by atoms with Crippen LogP contribution in [0.15, 0.2) is 47.1 Å². The summed E-state index contributed by atoms with van der Waals surface area (Å²) in [4.78, 5) is 4.57. The van der Waals surface area contributed by atoms with E-state index in [1.807, 2.05) is 30.6 Å². The normalized spacial score (nSPS) is 10.5. The number of hydrogen-bond donors (Lipinski definition) is 0. The fourth-order valence-corrected chi connectivity index (χ4v) is 2.13. The maximum absolute atomic E-state index is 5.81. The van der Waals surface area contributed by atoms with E-state index in [1.54, 1.807) is 0 Å². The number of fused-ring (bicyclic) bond motifs is 1. The van der Waals surface area contributed by atoms with E-state index in [0.717, 1.165) is 29.6 Å². The Balaban J connectivity index is 0.00000147. The van der Waals surface area contributed by atoms with Crippen molar-refractivity contribution in [2.24, 2.45) is 0 Å². The lowest BCUT2D eigenvalue weighted by molar-refractivity contribution is -0.693. The van der Waals surface area contributed by atoms with Crippen molar-refractivity contribution in [2.75, 3.05) is 0 Å². The third-order valence-corrected chi connectivity index (χ3v) is 3.36. The molecule has 0 aliphatic carbocycles. The summed E-state index contributed by atoms with van der Waals surface area (Å²) in [6.45, 7) is 5.22. The van der Waals surface area contributed by atoms with E-state index < -0.39 is 0 Å². The molecule has 0 saturated heterocycles. The quantitative estimate of drug-likeness (QED) is 0.486. The topological polar surface area (TPSA) is 29.9 Å². The molecule has 4 heteroatoms. The van der Waals surface area contributed by atoms with Crippen LogP contribution in [0.5, 0.6) is 0 Å². The lowest BCUT2D eigenvalue weighted by atomic mass is 10.1. The highest BCUT2D eigenvalue weighted by molar-refractivity contribution is 5.76. The van der Waals surface area contributed by atoms with Gasteiger partial charge < -0.3 is 28.4 Å². The number of oxazole rings is 1. The molecule has 20 heavy (non-hydrogen) atoms. The maximum atomic E-state index is 5.81. The van der Waals surface area contributed by atoms with Gasteiger partial charge in [-0.25, -0.2) is 9.55 Å². The summed E-state index contributed by atoms with van der Waals surface area (Å²) < 4.78 is 7.92. The average Bonchev–Trinajstić information content (AvgIpc) is 2.90. The Bertz CT molecular complexity index is 704. The van der Waals surface area contributed by atoms with Crippen LogP contribution < -0.4 is 28.5 Å². The molecule has 0 unspecified atom stereocenters. The van der Waals surface area contributed by atoms with Crippen LogP contribution in [0, 0.1) is 0 Å². The lowest BCUT2D eigenvalue weighted by Gasteiger charge is -1.93. The molecular formula is C16H17IN2O. The van der Waals surface area contributed by atoms with E-state index in [1.165, 1.54) is 5.56 Å². The van der Waals surface area contributed by atoms with Gasteiger partial charge in [-0.1, -0.05) is 13.0 Å². The van der Waals surface area contributed by atoms with Crippen LogP contribution in [0.2, 0.25) is 0 Å². The van der Waals surface area contributed by atoms with E-state index in [9.17, 15) is 0 Å². The Morgan fingerprint density at radius 2 is 1.85 bits per heavy atom. The van der Waals surface area contributed by atoms with Crippen molar-refractivity contribution in [1.29, 1.82) is 0 Å². The SMILES string of the molecule is CCc1ccc2oc(-c3cc[n+](CC)cc3)nc2c1.[I-]. The van der Waals surface area contributed by atoms with Crippen molar-refractivity contribution in [2.45, 2.75) is 26.8 Å². The monoisotopic (exact) mass is 380 g/mol. The second-order valence-corrected chi connectivity index (χ2v) is 4.59. The molecule has 0 aliphatic rings. The van der Waals surface area contributed by atoms with Crippen LogP contribution in [-0.4, -0.2) is 4.98 Å². The smallest absolute Gasteiger partial charge is 0.227 e. The average molecular weight is 380 g/mol.